The zero-order chi connectivity index (χ0) is 16.4. The molecule has 1 aromatic rings. The first-order valence-electron chi connectivity index (χ1n) is 6.05. The SMILES string of the molecule is COC(=O)c1c(CC(C)C)cc(C(F)F)nc1C(F)(F)F. The van der Waals surface area contributed by atoms with Gasteiger partial charge in [-0.05, 0) is 24.0 Å². The van der Waals surface area contributed by atoms with Crippen LogP contribution in [0.1, 0.15) is 47.6 Å². The van der Waals surface area contributed by atoms with Gasteiger partial charge in [-0.15, -0.1) is 0 Å². The molecule has 0 fully saturated rings. The van der Waals surface area contributed by atoms with Gasteiger partial charge in [0.25, 0.3) is 6.43 Å². The maximum Gasteiger partial charge on any atom is 0.434 e. The van der Waals surface area contributed by atoms with E-state index >= 15 is 0 Å². The highest BCUT2D eigenvalue weighted by Gasteiger charge is 2.40. The van der Waals surface area contributed by atoms with Gasteiger partial charge in [-0.2, -0.15) is 13.2 Å². The Kier molecular flexibility index (Phi) is 5.25. The Balaban J connectivity index is 3.64. The van der Waals surface area contributed by atoms with Crippen LogP contribution in [0.25, 0.3) is 0 Å². The monoisotopic (exact) mass is 311 g/mol. The van der Waals surface area contributed by atoms with Crippen molar-refractivity contribution >= 4 is 5.97 Å². The van der Waals surface area contributed by atoms with Gasteiger partial charge in [0.05, 0.1) is 12.7 Å². The van der Waals surface area contributed by atoms with Crippen LogP contribution in [-0.2, 0) is 17.3 Å². The molecule has 3 nitrogen and oxygen atoms in total. The van der Waals surface area contributed by atoms with Gasteiger partial charge in [0.15, 0.2) is 5.69 Å². The van der Waals surface area contributed by atoms with Crippen LogP contribution < -0.4 is 0 Å². The van der Waals surface area contributed by atoms with Gasteiger partial charge in [-0.1, -0.05) is 13.8 Å². The molecule has 0 saturated heterocycles. The molecule has 1 aromatic heterocycles. The van der Waals surface area contributed by atoms with E-state index in [-0.39, 0.29) is 17.9 Å². The zero-order valence-corrected chi connectivity index (χ0v) is 11.6. The third kappa shape index (κ3) is 4.12. The summed E-state index contributed by atoms with van der Waals surface area (Å²) in [7, 11) is 0.919. The molecule has 0 amide bonds. The van der Waals surface area contributed by atoms with E-state index in [1.807, 2.05) is 0 Å². The summed E-state index contributed by atoms with van der Waals surface area (Å²) in [5, 5.41) is 0. The molecule has 118 valence electrons. The largest absolute Gasteiger partial charge is 0.465 e. The summed E-state index contributed by atoms with van der Waals surface area (Å²) in [4.78, 5) is 14.5. The number of hydrogen-bond donors (Lipinski definition) is 0. The first kappa shape index (κ1) is 17.3. The lowest BCUT2D eigenvalue weighted by molar-refractivity contribution is -0.142. The number of rotatable bonds is 4. The number of esters is 1. The summed E-state index contributed by atoms with van der Waals surface area (Å²) < 4.78 is 68.7. The Bertz CT molecular complexity index is 526. The molecule has 0 aliphatic heterocycles. The minimum Gasteiger partial charge on any atom is -0.465 e. The number of hydrogen-bond acceptors (Lipinski definition) is 3. The fourth-order valence-electron chi connectivity index (χ4n) is 1.87. The highest BCUT2D eigenvalue weighted by Crippen LogP contribution is 2.35. The molecule has 0 bridgehead atoms. The first-order chi connectivity index (χ1) is 9.57. The molecule has 0 aromatic carbocycles. The average molecular weight is 311 g/mol. The third-order valence-corrected chi connectivity index (χ3v) is 2.63. The predicted molar refractivity (Wildman–Crippen MR) is 64.1 cm³/mol. The standard InChI is InChI=1S/C13H14F5NO2/c1-6(2)4-7-5-8(11(14)15)19-10(13(16,17)18)9(7)12(20)21-3/h5-6,11H,4H2,1-3H3. The van der Waals surface area contributed by atoms with Crippen LogP contribution >= 0.6 is 0 Å². The Labute approximate surface area is 118 Å². The van der Waals surface area contributed by atoms with Crippen LogP contribution in [0.4, 0.5) is 22.0 Å². The Morgan fingerprint density at radius 2 is 1.90 bits per heavy atom. The van der Waals surface area contributed by atoms with Crippen LogP contribution in [0.5, 0.6) is 0 Å². The number of carbonyl (C=O) groups excluding carboxylic acids is 1. The molecule has 0 radical (unpaired) electrons. The van der Waals surface area contributed by atoms with Crippen molar-refractivity contribution in [2.75, 3.05) is 7.11 Å². The van der Waals surface area contributed by atoms with Crippen molar-refractivity contribution in [1.82, 2.24) is 4.98 Å². The number of halogens is 5. The second kappa shape index (κ2) is 6.36. The van der Waals surface area contributed by atoms with E-state index in [0.717, 1.165) is 13.2 Å². The molecule has 0 atom stereocenters. The molecular formula is C13H14F5NO2. The molecule has 0 unspecified atom stereocenters. The van der Waals surface area contributed by atoms with E-state index in [9.17, 15) is 26.7 Å². The van der Waals surface area contributed by atoms with E-state index in [1.165, 1.54) is 0 Å². The number of alkyl halides is 5. The molecule has 0 aliphatic carbocycles. The maximum atomic E-state index is 13.0. The molecule has 1 rings (SSSR count). The first-order valence-corrected chi connectivity index (χ1v) is 6.05. The van der Waals surface area contributed by atoms with E-state index in [1.54, 1.807) is 13.8 Å². The van der Waals surface area contributed by atoms with Gasteiger partial charge < -0.3 is 4.74 Å². The quantitative estimate of drug-likeness (QED) is 0.622. The van der Waals surface area contributed by atoms with Crippen molar-refractivity contribution in [1.29, 1.82) is 0 Å². The van der Waals surface area contributed by atoms with Gasteiger partial charge in [0.2, 0.25) is 0 Å². The second-order valence-corrected chi connectivity index (χ2v) is 4.82. The average Bonchev–Trinajstić information content (AvgIpc) is 2.35. The fourth-order valence-corrected chi connectivity index (χ4v) is 1.87. The van der Waals surface area contributed by atoms with Crippen molar-refractivity contribution in [3.05, 3.63) is 28.6 Å². The normalized spacial score (nSPS) is 12.1. The number of nitrogens with zero attached hydrogens (tertiary/aromatic N) is 1. The van der Waals surface area contributed by atoms with Crippen molar-refractivity contribution in [2.45, 2.75) is 32.9 Å². The zero-order valence-electron chi connectivity index (χ0n) is 11.6. The maximum absolute atomic E-state index is 13.0. The fraction of sp³-hybridized carbons (Fsp3) is 0.538. The summed E-state index contributed by atoms with van der Waals surface area (Å²) in [5.74, 6) is -1.38. The van der Waals surface area contributed by atoms with Gasteiger partial charge in [0, 0.05) is 0 Å². The number of aromatic nitrogens is 1. The molecule has 0 N–H and O–H groups in total. The summed E-state index contributed by atoms with van der Waals surface area (Å²) in [6, 6.07) is 0.826. The summed E-state index contributed by atoms with van der Waals surface area (Å²) >= 11 is 0. The lowest BCUT2D eigenvalue weighted by Gasteiger charge is -2.17. The molecule has 21 heavy (non-hydrogen) atoms. The van der Waals surface area contributed by atoms with E-state index in [4.69, 9.17) is 0 Å². The van der Waals surface area contributed by atoms with Gasteiger partial charge >= 0.3 is 12.1 Å². The Morgan fingerprint density at radius 3 is 2.29 bits per heavy atom. The summed E-state index contributed by atoms with van der Waals surface area (Å²) in [6.45, 7) is 3.38. The van der Waals surface area contributed by atoms with Crippen molar-refractivity contribution in [2.24, 2.45) is 5.92 Å². The van der Waals surface area contributed by atoms with Crippen molar-refractivity contribution in [3.8, 4) is 0 Å². The van der Waals surface area contributed by atoms with Crippen molar-refractivity contribution in [3.63, 3.8) is 0 Å². The highest BCUT2D eigenvalue weighted by molar-refractivity contribution is 5.92. The second-order valence-electron chi connectivity index (χ2n) is 4.82. The number of methoxy groups -OCH3 is 1. The summed E-state index contributed by atoms with van der Waals surface area (Å²) in [6.07, 6.45) is -8.17. The van der Waals surface area contributed by atoms with Crippen LogP contribution in [0.15, 0.2) is 6.07 Å². The van der Waals surface area contributed by atoms with Gasteiger partial charge in [-0.3, -0.25) is 0 Å². The molecule has 0 spiro atoms. The van der Waals surface area contributed by atoms with E-state index < -0.39 is 35.5 Å². The molecule has 1 heterocycles. The molecule has 0 aliphatic rings. The van der Waals surface area contributed by atoms with Crippen molar-refractivity contribution < 1.29 is 31.5 Å². The third-order valence-electron chi connectivity index (χ3n) is 2.63. The summed E-state index contributed by atoms with van der Waals surface area (Å²) in [5.41, 5.74) is -3.59. The number of ether oxygens (including phenoxy) is 1. The topological polar surface area (TPSA) is 39.2 Å². The Morgan fingerprint density at radius 1 is 1.33 bits per heavy atom. The minimum atomic E-state index is -5.03. The number of carbonyl (C=O) groups is 1. The minimum absolute atomic E-state index is 0.0236. The van der Waals surface area contributed by atoms with Crippen LogP contribution in [0.3, 0.4) is 0 Å². The van der Waals surface area contributed by atoms with Crippen LogP contribution in [0.2, 0.25) is 0 Å². The highest BCUT2D eigenvalue weighted by atomic mass is 19.4. The Hall–Kier alpha value is -1.73. The van der Waals surface area contributed by atoms with Crippen LogP contribution in [0, 0.1) is 5.92 Å². The van der Waals surface area contributed by atoms with E-state index in [2.05, 4.69) is 9.72 Å². The smallest absolute Gasteiger partial charge is 0.434 e. The molecule has 0 saturated carbocycles. The molecular weight excluding hydrogens is 297 g/mol. The lowest BCUT2D eigenvalue weighted by atomic mass is 9.96. The van der Waals surface area contributed by atoms with Gasteiger partial charge in [-0.25, -0.2) is 18.6 Å². The molecule has 8 heteroatoms. The van der Waals surface area contributed by atoms with Gasteiger partial charge in [0.1, 0.15) is 5.69 Å². The van der Waals surface area contributed by atoms with E-state index in [0.29, 0.717) is 0 Å². The van der Waals surface area contributed by atoms with Crippen LogP contribution in [-0.4, -0.2) is 18.1 Å². The lowest BCUT2D eigenvalue weighted by Crippen LogP contribution is -2.21. The number of pyridine rings is 1. The predicted octanol–water partition coefficient (Wildman–Crippen LogP) is 4.02.